The summed E-state index contributed by atoms with van der Waals surface area (Å²) in [5, 5.41) is 0.465. The zero-order chi connectivity index (χ0) is 13.9. The quantitative estimate of drug-likeness (QED) is 0.795. The topological polar surface area (TPSA) is 30.0 Å². The van der Waals surface area contributed by atoms with Crippen LogP contribution in [0.5, 0.6) is 0 Å². The summed E-state index contributed by atoms with van der Waals surface area (Å²) in [6.45, 7) is 0. The fourth-order valence-corrected chi connectivity index (χ4v) is 2.10. The number of aldehydes is 1. The summed E-state index contributed by atoms with van der Waals surface area (Å²) in [6.07, 6.45) is -2.84. The summed E-state index contributed by atoms with van der Waals surface area (Å²) in [5.41, 5.74) is -0.224. The van der Waals surface area contributed by atoms with E-state index in [1.54, 1.807) is 24.3 Å². The molecule has 6 heteroatoms. The van der Waals surface area contributed by atoms with Gasteiger partial charge in [0.2, 0.25) is 0 Å². The number of rotatable bonds is 3. The van der Waals surface area contributed by atoms with E-state index < -0.39 is 11.7 Å². The molecule has 19 heavy (non-hydrogen) atoms. The van der Waals surface area contributed by atoms with Crippen molar-refractivity contribution in [3.05, 3.63) is 53.7 Å². The molecular formula is C13H8F3NOS. The van der Waals surface area contributed by atoms with Crippen LogP contribution in [0.15, 0.2) is 52.5 Å². The van der Waals surface area contributed by atoms with E-state index in [9.17, 15) is 18.0 Å². The predicted octanol–water partition coefficient (Wildman–Crippen LogP) is 4.06. The third kappa shape index (κ3) is 3.57. The zero-order valence-electron chi connectivity index (χ0n) is 9.52. The molecule has 0 amide bonds. The lowest BCUT2D eigenvalue weighted by molar-refractivity contribution is -0.137. The molecule has 0 saturated carbocycles. The minimum absolute atomic E-state index is 0.465. The van der Waals surface area contributed by atoms with E-state index in [1.165, 1.54) is 17.8 Å². The number of hydrogen-bond donors (Lipinski definition) is 0. The van der Waals surface area contributed by atoms with Gasteiger partial charge in [0.05, 0.1) is 5.56 Å². The van der Waals surface area contributed by atoms with Crippen LogP contribution in [0.4, 0.5) is 13.2 Å². The standard InChI is InChI=1S/C13H8F3NOS/c14-13(15,16)10-3-6-12(17-7-10)19-11-4-1-9(8-18)2-5-11/h1-8H. The van der Waals surface area contributed by atoms with Crippen molar-refractivity contribution in [1.29, 1.82) is 0 Å². The van der Waals surface area contributed by atoms with Crippen LogP contribution in [0.25, 0.3) is 0 Å². The lowest BCUT2D eigenvalue weighted by Crippen LogP contribution is -2.04. The second kappa shape index (κ2) is 5.44. The number of hydrogen-bond acceptors (Lipinski definition) is 3. The number of halogens is 3. The zero-order valence-corrected chi connectivity index (χ0v) is 10.3. The van der Waals surface area contributed by atoms with Crippen LogP contribution in [0.1, 0.15) is 15.9 Å². The van der Waals surface area contributed by atoms with Crippen molar-refractivity contribution in [2.24, 2.45) is 0 Å². The van der Waals surface area contributed by atoms with E-state index in [0.29, 0.717) is 10.6 Å². The van der Waals surface area contributed by atoms with Gasteiger partial charge in [0.1, 0.15) is 11.3 Å². The minimum atomic E-state index is -4.37. The summed E-state index contributed by atoms with van der Waals surface area (Å²) < 4.78 is 37.1. The Hall–Kier alpha value is -1.82. The maximum atomic E-state index is 12.4. The van der Waals surface area contributed by atoms with Gasteiger partial charge in [0.15, 0.2) is 0 Å². The molecule has 1 aromatic carbocycles. The highest BCUT2D eigenvalue weighted by atomic mass is 32.2. The van der Waals surface area contributed by atoms with Crippen molar-refractivity contribution in [3.63, 3.8) is 0 Å². The van der Waals surface area contributed by atoms with Crippen LogP contribution in [-0.2, 0) is 6.18 Å². The van der Waals surface area contributed by atoms with Gasteiger partial charge in [-0.3, -0.25) is 4.79 Å². The molecular weight excluding hydrogens is 275 g/mol. The smallest absolute Gasteiger partial charge is 0.298 e. The molecule has 0 N–H and O–H groups in total. The van der Waals surface area contributed by atoms with Crippen LogP contribution in [0, 0.1) is 0 Å². The Bertz CT molecular complexity index is 564. The summed E-state index contributed by atoms with van der Waals surface area (Å²) in [4.78, 5) is 15.0. The first-order chi connectivity index (χ1) is 8.99. The molecule has 1 aromatic heterocycles. The normalized spacial score (nSPS) is 11.3. The van der Waals surface area contributed by atoms with E-state index >= 15 is 0 Å². The average Bonchev–Trinajstić information content (AvgIpc) is 2.39. The van der Waals surface area contributed by atoms with Gasteiger partial charge in [-0.25, -0.2) is 4.98 Å². The first-order valence-electron chi connectivity index (χ1n) is 5.25. The summed E-state index contributed by atoms with van der Waals surface area (Å²) in [7, 11) is 0. The number of benzene rings is 1. The second-order valence-corrected chi connectivity index (χ2v) is 4.77. The molecule has 0 bridgehead atoms. The highest BCUT2D eigenvalue weighted by Crippen LogP contribution is 2.31. The molecule has 0 radical (unpaired) electrons. The Morgan fingerprint density at radius 2 is 1.74 bits per heavy atom. The lowest BCUT2D eigenvalue weighted by Gasteiger charge is -2.06. The Balaban J connectivity index is 2.12. The van der Waals surface area contributed by atoms with Gasteiger partial charge in [-0.15, -0.1) is 0 Å². The maximum absolute atomic E-state index is 12.4. The number of pyridine rings is 1. The predicted molar refractivity (Wildman–Crippen MR) is 65.2 cm³/mol. The summed E-state index contributed by atoms with van der Waals surface area (Å²) >= 11 is 1.23. The molecule has 2 rings (SSSR count). The van der Waals surface area contributed by atoms with Crippen molar-refractivity contribution in [1.82, 2.24) is 4.98 Å². The number of nitrogens with zero attached hydrogens (tertiary/aromatic N) is 1. The lowest BCUT2D eigenvalue weighted by atomic mass is 10.2. The van der Waals surface area contributed by atoms with Crippen molar-refractivity contribution in [2.45, 2.75) is 16.1 Å². The average molecular weight is 283 g/mol. The van der Waals surface area contributed by atoms with Crippen molar-refractivity contribution < 1.29 is 18.0 Å². The van der Waals surface area contributed by atoms with Crippen molar-refractivity contribution in [3.8, 4) is 0 Å². The molecule has 0 saturated heterocycles. The van der Waals surface area contributed by atoms with Crippen LogP contribution in [0.2, 0.25) is 0 Å². The van der Waals surface area contributed by atoms with Crippen molar-refractivity contribution >= 4 is 18.0 Å². The van der Waals surface area contributed by atoms with Crippen LogP contribution < -0.4 is 0 Å². The van der Waals surface area contributed by atoms with E-state index in [1.807, 2.05) is 0 Å². The molecule has 0 atom stereocenters. The molecule has 0 aliphatic carbocycles. The van der Waals surface area contributed by atoms with Crippen molar-refractivity contribution in [2.75, 3.05) is 0 Å². The van der Waals surface area contributed by atoms with E-state index in [4.69, 9.17) is 0 Å². The Morgan fingerprint density at radius 1 is 1.05 bits per heavy atom. The molecule has 0 spiro atoms. The molecule has 2 nitrogen and oxygen atoms in total. The maximum Gasteiger partial charge on any atom is 0.417 e. The van der Waals surface area contributed by atoms with E-state index in [2.05, 4.69) is 4.98 Å². The van der Waals surface area contributed by atoms with Gasteiger partial charge >= 0.3 is 6.18 Å². The molecule has 1 heterocycles. The van der Waals surface area contributed by atoms with Crippen LogP contribution >= 0.6 is 11.8 Å². The molecule has 0 fully saturated rings. The Morgan fingerprint density at radius 3 is 2.21 bits per heavy atom. The van der Waals surface area contributed by atoms with E-state index in [0.717, 1.165) is 23.4 Å². The fraction of sp³-hybridized carbons (Fsp3) is 0.0769. The number of carbonyl (C=O) groups is 1. The first kappa shape index (κ1) is 13.6. The SMILES string of the molecule is O=Cc1ccc(Sc2ccc(C(F)(F)F)cn2)cc1. The van der Waals surface area contributed by atoms with Gasteiger partial charge in [0, 0.05) is 16.7 Å². The Labute approximate surface area is 111 Å². The summed E-state index contributed by atoms with van der Waals surface area (Å²) in [6, 6.07) is 9.02. The van der Waals surface area contributed by atoms with Gasteiger partial charge in [0.25, 0.3) is 0 Å². The van der Waals surface area contributed by atoms with Gasteiger partial charge < -0.3 is 0 Å². The molecule has 0 aliphatic heterocycles. The number of carbonyl (C=O) groups excluding carboxylic acids is 1. The monoisotopic (exact) mass is 283 g/mol. The van der Waals surface area contributed by atoms with Gasteiger partial charge in [-0.2, -0.15) is 13.2 Å². The fourth-order valence-electron chi connectivity index (χ4n) is 1.34. The van der Waals surface area contributed by atoms with Gasteiger partial charge in [-0.05, 0) is 24.3 Å². The third-order valence-electron chi connectivity index (χ3n) is 2.30. The highest BCUT2D eigenvalue weighted by molar-refractivity contribution is 7.99. The number of alkyl halides is 3. The van der Waals surface area contributed by atoms with E-state index in [-0.39, 0.29) is 0 Å². The highest BCUT2D eigenvalue weighted by Gasteiger charge is 2.30. The number of aromatic nitrogens is 1. The Kier molecular flexibility index (Phi) is 3.90. The summed E-state index contributed by atoms with van der Waals surface area (Å²) in [5.74, 6) is 0. The molecule has 2 aromatic rings. The van der Waals surface area contributed by atoms with Gasteiger partial charge in [-0.1, -0.05) is 23.9 Å². The second-order valence-electron chi connectivity index (χ2n) is 3.67. The third-order valence-corrected chi connectivity index (χ3v) is 3.26. The van der Waals surface area contributed by atoms with Crippen LogP contribution in [0.3, 0.4) is 0 Å². The first-order valence-corrected chi connectivity index (χ1v) is 6.07. The molecule has 0 aliphatic rings. The largest absolute Gasteiger partial charge is 0.417 e. The minimum Gasteiger partial charge on any atom is -0.298 e. The molecule has 98 valence electrons. The van der Waals surface area contributed by atoms with Crippen LogP contribution in [-0.4, -0.2) is 11.3 Å². The molecule has 0 unspecified atom stereocenters.